The van der Waals surface area contributed by atoms with Crippen LogP contribution in [0.1, 0.15) is 13.8 Å². The number of hydrogen-bond donors (Lipinski definition) is 0. The molecule has 0 saturated carbocycles. The fraction of sp³-hybridized carbons (Fsp3) is 0.556. The number of hydrogen-bond acceptors (Lipinski definition) is 5. The van der Waals surface area contributed by atoms with E-state index in [9.17, 15) is 4.79 Å². The molecule has 0 unspecified atom stereocenters. The highest BCUT2D eigenvalue weighted by Crippen LogP contribution is 2.05. The van der Waals surface area contributed by atoms with Crippen molar-refractivity contribution in [3.05, 3.63) is 12.2 Å². The van der Waals surface area contributed by atoms with Gasteiger partial charge in [-0.1, -0.05) is 17.8 Å². The summed E-state index contributed by atoms with van der Waals surface area (Å²) in [5.41, 5.74) is 0. The van der Waals surface area contributed by atoms with Gasteiger partial charge in [0.25, 0.3) is 0 Å². The Kier molecular flexibility index (Phi) is 8.67. The average molecular weight is 234 g/mol. The molecule has 0 rings (SSSR count). The molecule has 0 aliphatic rings. The third-order valence-corrected chi connectivity index (χ3v) is 2.28. The molecule has 0 aliphatic carbocycles. The van der Waals surface area contributed by atoms with Gasteiger partial charge in [-0.05, 0) is 26.1 Å². The number of thiocarbonyl (C=S) groups is 1. The number of ether oxygens (including phenoxy) is 2. The lowest BCUT2D eigenvalue weighted by molar-refractivity contribution is -0.137. The Bertz CT molecular complexity index is 214. The molecule has 5 heteroatoms. The van der Waals surface area contributed by atoms with Crippen LogP contribution in [0.25, 0.3) is 0 Å². The van der Waals surface area contributed by atoms with Gasteiger partial charge in [0.2, 0.25) is 4.38 Å². The van der Waals surface area contributed by atoms with Crippen LogP contribution in [-0.4, -0.2) is 29.3 Å². The molecule has 0 amide bonds. The molecule has 0 N–H and O–H groups in total. The zero-order chi connectivity index (χ0) is 10.8. The van der Waals surface area contributed by atoms with Crippen LogP contribution in [0.15, 0.2) is 12.2 Å². The molecule has 80 valence electrons. The molecule has 3 nitrogen and oxygen atoms in total. The molecule has 0 atom stereocenters. The molecule has 0 aliphatic heterocycles. The number of esters is 1. The third kappa shape index (κ3) is 8.07. The third-order valence-electron chi connectivity index (χ3n) is 1.10. The van der Waals surface area contributed by atoms with Crippen molar-refractivity contribution in [2.45, 2.75) is 13.8 Å². The van der Waals surface area contributed by atoms with Gasteiger partial charge in [-0.25, -0.2) is 4.79 Å². The molecule has 0 spiro atoms. The van der Waals surface area contributed by atoms with Crippen molar-refractivity contribution in [1.29, 1.82) is 0 Å². The molecule has 0 heterocycles. The minimum Gasteiger partial charge on any atom is -0.479 e. The van der Waals surface area contributed by atoms with Crippen LogP contribution in [0.3, 0.4) is 0 Å². The predicted octanol–water partition coefficient (Wildman–Crippen LogP) is 2.16. The lowest BCUT2D eigenvalue weighted by Crippen LogP contribution is -1.99. The van der Waals surface area contributed by atoms with E-state index in [-0.39, 0.29) is 5.97 Å². The highest BCUT2D eigenvalue weighted by atomic mass is 32.2. The summed E-state index contributed by atoms with van der Waals surface area (Å²) in [5, 5.41) is 0. The second kappa shape index (κ2) is 9.02. The summed E-state index contributed by atoms with van der Waals surface area (Å²) in [6, 6.07) is 0. The standard InChI is InChI=1S/C9H14O3S2/c1-3-11-8(10)6-5-7-14-9(13)12-4-2/h5-6H,3-4,7H2,1-2H3/b6-5+. The van der Waals surface area contributed by atoms with E-state index in [1.54, 1.807) is 13.0 Å². The van der Waals surface area contributed by atoms with E-state index in [2.05, 4.69) is 0 Å². The van der Waals surface area contributed by atoms with Crippen LogP contribution >= 0.6 is 24.0 Å². The highest BCUT2D eigenvalue weighted by molar-refractivity contribution is 8.22. The van der Waals surface area contributed by atoms with E-state index in [1.807, 2.05) is 6.92 Å². The van der Waals surface area contributed by atoms with Gasteiger partial charge < -0.3 is 9.47 Å². The fourth-order valence-corrected chi connectivity index (χ4v) is 1.46. The zero-order valence-corrected chi connectivity index (χ0v) is 9.95. The minimum absolute atomic E-state index is 0.324. The molecule has 0 aromatic carbocycles. The molecule has 0 bridgehead atoms. The van der Waals surface area contributed by atoms with Crippen molar-refractivity contribution in [2.24, 2.45) is 0 Å². The summed E-state index contributed by atoms with van der Waals surface area (Å²) in [7, 11) is 0. The first-order chi connectivity index (χ1) is 6.70. The van der Waals surface area contributed by atoms with Gasteiger partial charge in [-0.2, -0.15) is 0 Å². The van der Waals surface area contributed by atoms with Gasteiger partial charge in [0.05, 0.1) is 13.2 Å². The Morgan fingerprint density at radius 1 is 1.36 bits per heavy atom. The van der Waals surface area contributed by atoms with Crippen LogP contribution < -0.4 is 0 Å². The molecule has 0 radical (unpaired) electrons. The molecule has 0 aromatic heterocycles. The van der Waals surface area contributed by atoms with Crippen molar-refractivity contribution in [3.8, 4) is 0 Å². The van der Waals surface area contributed by atoms with Crippen LogP contribution in [0, 0.1) is 0 Å². The van der Waals surface area contributed by atoms with E-state index < -0.39 is 0 Å². The zero-order valence-electron chi connectivity index (χ0n) is 8.32. The molecular formula is C9H14O3S2. The van der Waals surface area contributed by atoms with E-state index in [1.165, 1.54) is 17.8 Å². The van der Waals surface area contributed by atoms with Crippen molar-refractivity contribution in [2.75, 3.05) is 19.0 Å². The van der Waals surface area contributed by atoms with E-state index in [0.717, 1.165) is 0 Å². The Labute approximate surface area is 93.8 Å². The van der Waals surface area contributed by atoms with Crippen molar-refractivity contribution in [1.82, 2.24) is 0 Å². The number of carbonyl (C=O) groups is 1. The Hall–Kier alpha value is -0.550. The second-order valence-corrected chi connectivity index (χ2v) is 3.77. The predicted molar refractivity (Wildman–Crippen MR) is 62.5 cm³/mol. The molecule has 14 heavy (non-hydrogen) atoms. The van der Waals surface area contributed by atoms with Gasteiger partial charge in [-0.15, -0.1) is 0 Å². The van der Waals surface area contributed by atoms with Crippen LogP contribution in [0.4, 0.5) is 0 Å². The van der Waals surface area contributed by atoms with Gasteiger partial charge >= 0.3 is 5.97 Å². The number of thioether (sulfide) groups is 1. The van der Waals surface area contributed by atoms with Crippen molar-refractivity contribution < 1.29 is 14.3 Å². The summed E-state index contributed by atoms with van der Waals surface area (Å²) in [4.78, 5) is 10.8. The minimum atomic E-state index is -0.324. The molecule has 0 saturated heterocycles. The van der Waals surface area contributed by atoms with E-state index >= 15 is 0 Å². The van der Waals surface area contributed by atoms with Gasteiger partial charge in [-0.3, -0.25) is 0 Å². The maximum absolute atomic E-state index is 10.8. The van der Waals surface area contributed by atoms with E-state index in [4.69, 9.17) is 21.7 Å². The quantitative estimate of drug-likeness (QED) is 0.414. The average Bonchev–Trinajstić information content (AvgIpc) is 2.13. The fourth-order valence-electron chi connectivity index (χ4n) is 0.610. The van der Waals surface area contributed by atoms with Crippen LogP contribution in [0.5, 0.6) is 0 Å². The summed E-state index contributed by atoms with van der Waals surface area (Å²) < 4.78 is 10.2. The monoisotopic (exact) mass is 234 g/mol. The highest BCUT2D eigenvalue weighted by Gasteiger charge is 1.96. The topological polar surface area (TPSA) is 35.5 Å². The molecule has 0 aromatic rings. The normalized spacial score (nSPS) is 10.1. The van der Waals surface area contributed by atoms with Gasteiger partial charge in [0, 0.05) is 11.8 Å². The number of rotatable bonds is 5. The molecule has 0 fully saturated rings. The smallest absolute Gasteiger partial charge is 0.330 e. The lowest BCUT2D eigenvalue weighted by atomic mass is 10.5. The summed E-state index contributed by atoms with van der Waals surface area (Å²) in [6.45, 7) is 4.62. The summed E-state index contributed by atoms with van der Waals surface area (Å²) in [5.74, 6) is 0.299. The first-order valence-electron chi connectivity index (χ1n) is 4.33. The number of carbonyl (C=O) groups excluding carboxylic acids is 1. The van der Waals surface area contributed by atoms with Crippen molar-refractivity contribution in [3.63, 3.8) is 0 Å². The Morgan fingerprint density at radius 2 is 2.00 bits per heavy atom. The maximum Gasteiger partial charge on any atom is 0.330 e. The molecular weight excluding hydrogens is 220 g/mol. The van der Waals surface area contributed by atoms with Gasteiger partial charge in [0.1, 0.15) is 0 Å². The van der Waals surface area contributed by atoms with Gasteiger partial charge in [0.15, 0.2) is 0 Å². The SMILES string of the molecule is CCOC(=O)/C=C/CSC(=S)OCC. The maximum atomic E-state index is 10.8. The first-order valence-corrected chi connectivity index (χ1v) is 5.72. The largest absolute Gasteiger partial charge is 0.479 e. The Balaban J connectivity index is 3.52. The van der Waals surface area contributed by atoms with Crippen LogP contribution in [0.2, 0.25) is 0 Å². The Morgan fingerprint density at radius 3 is 2.57 bits per heavy atom. The van der Waals surface area contributed by atoms with Crippen molar-refractivity contribution >= 4 is 34.3 Å². The van der Waals surface area contributed by atoms with E-state index in [0.29, 0.717) is 23.3 Å². The van der Waals surface area contributed by atoms with Crippen LogP contribution in [-0.2, 0) is 14.3 Å². The second-order valence-electron chi connectivity index (χ2n) is 2.15. The summed E-state index contributed by atoms with van der Waals surface area (Å²) in [6.07, 6.45) is 3.10. The first kappa shape index (κ1) is 13.4. The summed E-state index contributed by atoms with van der Waals surface area (Å²) >= 11 is 6.25. The lowest BCUT2D eigenvalue weighted by Gasteiger charge is -2.00.